The van der Waals surface area contributed by atoms with Crippen LogP contribution in [0.3, 0.4) is 0 Å². The van der Waals surface area contributed by atoms with Gasteiger partial charge in [0.1, 0.15) is 11.5 Å². The highest BCUT2D eigenvalue weighted by atomic mass is 16.3. The Morgan fingerprint density at radius 2 is 1.65 bits per heavy atom. The first-order chi connectivity index (χ1) is 9.47. The van der Waals surface area contributed by atoms with E-state index < -0.39 is 5.91 Å². The molecule has 0 fully saturated rings. The van der Waals surface area contributed by atoms with Gasteiger partial charge in [0, 0.05) is 11.3 Å². The average molecular weight is 271 g/mol. The number of amides is 1. The first-order valence-electron chi connectivity index (χ1n) is 5.91. The van der Waals surface area contributed by atoms with Gasteiger partial charge in [0.25, 0.3) is 5.91 Å². The van der Waals surface area contributed by atoms with Crippen molar-refractivity contribution < 1.29 is 19.8 Å². The van der Waals surface area contributed by atoms with Crippen molar-refractivity contribution in [3.8, 4) is 11.5 Å². The second-order valence-corrected chi connectivity index (χ2v) is 4.29. The fourth-order valence-corrected chi connectivity index (χ4v) is 1.69. The second-order valence-electron chi connectivity index (χ2n) is 4.29. The van der Waals surface area contributed by atoms with E-state index >= 15 is 0 Å². The monoisotopic (exact) mass is 271 g/mol. The highest BCUT2D eigenvalue weighted by molar-refractivity contribution is 6.06. The van der Waals surface area contributed by atoms with Crippen molar-refractivity contribution in [1.29, 1.82) is 0 Å². The van der Waals surface area contributed by atoms with E-state index in [2.05, 4.69) is 5.32 Å². The Labute approximate surface area is 115 Å². The molecule has 0 saturated heterocycles. The maximum Gasteiger partial charge on any atom is 0.259 e. The summed E-state index contributed by atoms with van der Waals surface area (Å²) in [5.41, 5.74) is 1.01. The van der Waals surface area contributed by atoms with Gasteiger partial charge in [0.2, 0.25) is 0 Å². The average Bonchev–Trinajstić information content (AvgIpc) is 2.42. The molecule has 0 aliphatic rings. The number of phenols is 2. The minimum atomic E-state index is -0.547. The van der Waals surface area contributed by atoms with Crippen molar-refractivity contribution in [3.63, 3.8) is 0 Å². The van der Waals surface area contributed by atoms with Crippen LogP contribution in [0.2, 0.25) is 0 Å². The summed E-state index contributed by atoms with van der Waals surface area (Å²) in [5.74, 6) is -0.942. The van der Waals surface area contributed by atoms with Crippen molar-refractivity contribution in [1.82, 2.24) is 0 Å². The molecular weight excluding hydrogens is 258 g/mol. The third-order valence-corrected chi connectivity index (χ3v) is 2.77. The molecule has 0 aliphatic heterocycles. The van der Waals surface area contributed by atoms with Gasteiger partial charge in [-0.05, 0) is 49.4 Å². The molecule has 0 bridgehead atoms. The number of carbonyl (C=O) groups is 2. The molecule has 3 N–H and O–H groups in total. The Balaban J connectivity index is 2.19. The maximum atomic E-state index is 12.0. The number of Topliss-reactive ketones (excluding diaryl/α,β-unsaturated/α-hetero) is 1. The van der Waals surface area contributed by atoms with E-state index in [0.717, 1.165) is 0 Å². The largest absolute Gasteiger partial charge is 0.508 e. The smallest absolute Gasteiger partial charge is 0.259 e. The van der Waals surface area contributed by atoms with Crippen LogP contribution in [0.4, 0.5) is 5.69 Å². The lowest BCUT2D eigenvalue weighted by atomic mass is 10.1. The molecule has 102 valence electrons. The van der Waals surface area contributed by atoms with Gasteiger partial charge in [-0.25, -0.2) is 0 Å². The number of benzene rings is 2. The Morgan fingerprint density at radius 3 is 2.25 bits per heavy atom. The van der Waals surface area contributed by atoms with E-state index in [9.17, 15) is 19.8 Å². The van der Waals surface area contributed by atoms with Gasteiger partial charge in [-0.3, -0.25) is 9.59 Å². The Morgan fingerprint density at radius 1 is 1.00 bits per heavy atom. The molecule has 0 atom stereocenters. The van der Waals surface area contributed by atoms with Gasteiger partial charge in [-0.1, -0.05) is 0 Å². The summed E-state index contributed by atoms with van der Waals surface area (Å²) in [7, 11) is 0. The molecule has 2 rings (SSSR count). The normalized spacial score (nSPS) is 10.1. The number of hydrogen-bond acceptors (Lipinski definition) is 4. The molecular formula is C15H13NO4. The Kier molecular flexibility index (Phi) is 3.70. The summed E-state index contributed by atoms with van der Waals surface area (Å²) in [6, 6.07) is 10.1. The number of nitrogens with one attached hydrogen (secondary N) is 1. The van der Waals surface area contributed by atoms with Crippen LogP contribution in [0.25, 0.3) is 0 Å². The molecule has 0 spiro atoms. The molecule has 0 saturated carbocycles. The number of anilines is 1. The van der Waals surface area contributed by atoms with Gasteiger partial charge < -0.3 is 15.5 Å². The van der Waals surface area contributed by atoms with Crippen LogP contribution in [-0.2, 0) is 0 Å². The van der Waals surface area contributed by atoms with Gasteiger partial charge in [-0.2, -0.15) is 0 Å². The third kappa shape index (κ3) is 2.95. The summed E-state index contributed by atoms with van der Waals surface area (Å²) >= 11 is 0. The van der Waals surface area contributed by atoms with Gasteiger partial charge >= 0.3 is 0 Å². The summed E-state index contributed by atoms with van der Waals surface area (Å²) in [4.78, 5) is 23.1. The van der Waals surface area contributed by atoms with Crippen molar-refractivity contribution in [2.45, 2.75) is 6.92 Å². The van der Waals surface area contributed by atoms with E-state index in [-0.39, 0.29) is 22.8 Å². The number of hydrogen-bond donors (Lipinski definition) is 3. The molecule has 1 amide bonds. The number of ketones is 1. The van der Waals surface area contributed by atoms with Crippen LogP contribution in [0, 0.1) is 0 Å². The standard InChI is InChI=1S/C15H13NO4/c1-9(17)10-2-4-11(5-3-10)16-15(20)13-8-12(18)6-7-14(13)19/h2-8,18-19H,1H3,(H,16,20). The number of aromatic hydroxyl groups is 2. The first kappa shape index (κ1) is 13.6. The highest BCUT2D eigenvalue weighted by Gasteiger charge is 2.12. The predicted octanol–water partition coefficient (Wildman–Crippen LogP) is 2.55. The summed E-state index contributed by atoms with van der Waals surface area (Å²) < 4.78 is 0. The van der Waals surface area contributed by atoms with E-state index in [4.69, 9.17) is 0 Å². The zero-order valence-corrected chi connectivity index (χ0v) is 10.8. The number of carbonyl (C=O) groups excluding carboxylic acids is 2. The van der Waals surface area contributed by atoms with E-state index in [1.54, 1.807) is 24.3 Å². The minimum absolute atomic E-state index is 0.0272. The van der Waals surface area contributed by atoms with Crippen LogP contribution in [0.15, 0.2) is 42.5 Å². The van der Waals surface area contributed by atoms with Crippen LogP contribution < -0.4 is 5.32 Å². The van der Waals surface area contributed by atoms with E-state index in [0.29, 0.717) is 11.3 Å². The minimum Gasteiger partial charge on any atom is -0.508 e. The molecule has 0 aliphatic carbocycles. The molecule has 0 heterocycles. The van der Waals surface area contributed by atoms with Crippen molar-refractivity contribution in [2.24, 2.45) is 0 Å². The summed E-state index contributed by atoms with van der Waals surface area (Å²) in [6.45, 7) is 1.46. The van der Waals surface area contributed by atoms with Gasteiger partial charge in [0.05, 0.1) is 5.56 Å². The van der Waals surface area contributed by atoms with Crippen LogP contribution >= 0.6 is 0 Å². The van der Waals surface area contributed by atoms with E-state index in [1.807, 2.05) is 0 Å². The summed E-state index contributed by atoms with van der Waals surface area (Å²) in [5, 5.41) is 21.5. The number of phenolic OH excluding ortho intramolecular Hbond substituents is 2. The molecule has 2 aromatic rings. The lowest BCUT2D eigenvalue weighted by Gasteiger charge is -2.07. The fraction of sp³-hybridized carbons (Fsp3) is 0.0667. The molecule has 2 aromatic carbocycles. The zero-order valence-electron chi connectivity index (χ0n) is 10.8. The van der Waals surface area contributed by atoms with Crippen LogP contribution in [-0.4, -0.2) is 21.9 Å². The molecule has 5 heteroatoms. The fourth-order valence-electron chi connectivity index (χ4n) is 1.69. The Bertz CT molecular complexity index is 662. The summed E-state index contributed by atoms with van der Waals surface area (Å²) in [6.07, 6.45) is 0. The topological polar surface area (TPSA) is 86.6 Å². The van der Waals surface area contributed by atoms with Crippen LogP contribution in [0.1, 0.15) is 27.6 Å². The first-order valence-corrected chi connectivity index (χ1v) is 5.91. The highest BCUT2D eigenvalue weighted by Crippen LogP contribution is 2.23. The lowest BCUT2D eigenvalue weighted by Crippen LogP contribution is -2.12. The van der Waals surface area contributed by atoms with Crippen molar-refractivity contribution >= 4 is 17.4 Å². The van der Waals surface area contributed by atoms with Crippen LogP contribution in [0.5, 0.6) is 11.5 Å². The van der Waals surface area contributed by atoms with Crippen molar-refractivity contribution in [2.75, 3.05) is 5.32 Å². The Hall–Kier alpha value is -2.82. The van der Waals surface area contributed by atoms with E-state index in [1.165, 1.54) is 25.1 Å². The molecule has 0 radical (unpaired) electrons. The SMILES string of the molecule is CC(=O)c1ccc(NC(=O)c2cc(O)ccc2O)cc1. The molecule has 20 heavy (non-hydrogen) atoms. The molecule has 0 unspecified atom stereocenters. The zero-order chi connectivity index (χ0) is 14.7. The van der Waals surface area contributed by atoms with Gasteiger partial charge in [0.15, 0.2) is 5.78 Å². The maximum absolute atomic E-state index is 12.0. The van der Waals surface area contributed by atoms with Gasteiger partial charge in [-0.15, -0.1) is 0 Å². The lowest BCUT2D eigenvalue weighted by molar-refractivity contribution is 0.101. The third-order valence-electron chi connectivity index (χ3n) is 2.77. The molecule has 0 aromatic heterocycles. The quantitative estimate of drug-likeness (QED) is 0.591. The predicted molar refractivity (Wildman–Crippen MR) is 74.2 cm³/mol. The molecule has 5 nitrogen and oxygen atoms in total. The number of rotatable bonds is 3. The van der Waals surface area contributed by atoms with Crippen molar-refractivity contribution in [3.05, 3.63) is 53.6 Å². The second kappa shape index (κ2) is 5.44.